The molecule has 0 aliphatic carbocycles. The fraction of sp³-hybridized carbons (Fsp3) is 0.217. The van der Waals surface area contributed by atoms with E-state index in [9.17, 15) is 0 Å². The van der Waals surface area contributed by atoms with Gasteiger partial charge in [-0.1, -0.05) is 66.3 Å². The molecule has 1 saturated heterocycles. The summed E-state index contributed by atoms with van der Waals surface area (Å²) in [7, 11) is 0. The van der Waals surface area contributed by atoms with E-state index in [-0.39, 0.29) is 5.41 Å². The molecule has 2 aromatic carbocycles. The van der Waals surface area contributed by atoms with E-state index >= 15 is 0 Å². The summed E-state index contributed by atoms with van der Waals surface area (Å²) in [5.41, 5.74) is 4.72. The van der Waals surface area contributed by atoms with Crippen molar-refractivity contribution in [3.05, 3.63) is 89.2 Å². The molecular formula is C23H22ClN3S. The maximum atomic E-state index is 6.14. The molecule has 1 N–H and O–H groups in total. The van der Waals surface area contributed by atoms with E-state index in [0.29, 0.717) is 0 Å². The van der Waals surface area contributed by atoms with E-state index in [1.54, 1.807) is 23.5 Å². The monoisotopic (exact) mass is 407 g/mol. The van der Waals surface area contributed by atoms with Gasteiger partial charge in [-0.2, -0.15) is 0 Å². The first kappa shape index (κ1) is 19.2. The highest BCUT2D eigenvalue weighted by Crippen LogP contribution is 2.41. The number of rotatable bonds is 5. The van der Waals surface area contributed by atoms with Crippen molar-refractivity contribution in [2.75, 3.05) is 13.1 Å². The summed E-state index contributed by atoms with van der Waals surface area (Å²) in [5, 5.41) is 6.08. The van der Waals surface area contributed by atoms with E-state index in [4.69, 9.17) is 11.6 Å². The Morgan fingerprint density at radius 3 is 2.29 bits per heavy atom. The van der Waals surface area contributed by atoms with E-state index < -0.39 is 0 Å². The average molecular weight is 408 g/mol. The smallest absolute Gasteiger partial charge is 0.116 e. The number of halogens is 1. The predicted molar refractivity (Wildman–Crippen MR) is 118 cm³/mol. The second kappa shape index (κ2) is 8.48. The molecule has 142 valence electrons. The minimum Gasteiger partial charge on any atom is -0.317 e. The van der Waals surface area contributed by atoms with Gasteiger partial charge < -0.3 is 5.32 Å². The fourth-order valence-corrected chi connectivity index (χ4v) is 4.73. The van der Waals surface area contributed by atoms with Gasteiger partial charge in [0.1, 0.15) is 6.33 Å². The highest BCUT2D eigenvalue weighted by molar-refractivity contribution is 8.02. The molecule has 0 spiro atoms. The minimum absolute atomic E-state index is 0.0126. The first-order valence-electron chi connectivity index (χ1n) is 9.38. The van der Waals surface area contributed by atoms with Crippen molar-refractivity contribution >= 4 is 23.4 Å². The van der Waals surface area contributed by atoms with Crippen LogP contribution in [0.4, 0.5) is 0 Å². The van der Waals surface area contributed by atoms with Crippen LogP contribution in [0, 0.1) is 0 Å². The standard InChI is InChI=1S/C23H22ClN3S/c1-2-28-21-15-26-16-27-22(21)17-3-5-18(6-4-17)23(11-13-25-14-12-23)19-7-9-20(24)10-8-19/h2-10,15-16,25H,1,11-14H2. The molecule has 0 radical (unpaired) electrons. The van der Waals surface area contributed by atoms with Crippen LogP contribution in [0.25, 0.3) is 11.3 Å². The van der Waals surface area contributed by atoms with E-state index in [0.717, 1.165) is 47.1 Å². The average Bonchev–Trinajstić information content (AvgIpc) is 2.75. The topological polar surface area (TPSA) is 37.8 Å². The summed E-state index contributed by atoms with van der Waals surface area (Å²) in [6.45, 7) is 5.83. The molecule has 3 aromatic rings. The van der Waals surface area contributed by atoms with Crippen LogP contribution in [0.2, 0.25) is 5.02 Å². The molecule has 1 aliphatic rings. The zero-order valence-electron chi connectivity index (χ0n) is 15.6. The van der Waals surface area contributed by atoms with Crippen LogP contribution in [0.5, 0.6) is 0 Å². The third-order valence-corrected chi connectivity index (χ3v) is 6.43. The molecular weight excluding hydrogens is 386 g/mol. The zero-order chi connectivity index (χ0) is 19.4. The van der Waals surface area contributed by atoms with Gasteiger partial charge >= 0.3 is 0 Å². The van der Waals surface area contributed by atoms with Crippen LogP contribution in [0.1, 0.15) is 24.0 Å². The summed E-state index contributed by atoms with van der Waals surface area (Å²) in [6, 6.07) is 17.2. The van der Waals surface area contributed by atoms with Crippen LogP contribution < -0.4 is 5.32 Å². The van der Waals surface area contributed by atoms with Crippen molar-refractivity contribution in [1.29, 1.82) is 0 Å². The largest absolute Gasteiger partial charge is 0.317 e. The molecule has 1 aromatic heterocycles. The van der Waals surface area contributed by atoms with E-state index in [1.165, 1.54) is 11.1 Å². The molecule has 2 heterocycles. The van der Waals surface area contributed by atoms with E-state index in [2.05, 4.69) is 58.3 Å². The summed E-state index contributed by atoms with van der Waals surface area (Å²) in [4.78, 5) is 9.64. The Bertz CT molecular complexity index is 948. The summed E-state index contributed by atoms with van der Waals surface area (Å²) < 4.78 is 0. The molecule has 0 unspecified atom stereocenters. The zero-order valence-corrected chi connectivity index (χ0v) is 17.1. The third kappa shape index (κ3) is 3.72. The minimum atomic E-state index is 0.0126. The molecule has 5 heteroatoms. The fourth-order valence-electron chi connectivity index (χ4n) is 4.02. The van der Waals surface area contributed by atoms with Crippen LogP contribution in [-0.4, -0.2) is 23.1 Å². The molecule has 1 fully saturated rings. The van der Waals surface area contributed by atoms with Gasteiger partial charge in [0.25, 0.3) is 0 Å². The van der Waals surface area contributed by atoms with Gasteiger partial charge in [-0.25, -0.2) is 9.97 Å². The second-order valence-corrected chi connectivity index (χ2v) is 8.38. The lowest BCUT2D eigenvalue weighted by atomic mass is 9.68. The van der Waals surface area contributed by atoms with Gasteiger partial charge in [-0.05, 0) is 54.6 Å². The van der Waals surface area contributed by atoms with Crippen LogP contribution in [-0.2, 0) is 5.41 Å². The molecule has 0 bridgehead atoms. The Kier molecular flexibility index (Phi) is 5.81. The van der Waals surface area contributed by atoms with Crippen LogP contribution in [0.15, 0.2) is 77.9 Å². The van der Waals surface area contributed by atoms with Gasteiger partial charge in [-0.15, -0.1) is 0 Å². The summed E-state index contributed by atoms with van der Waals surface area (Å²) in [6.07, 6.45) is 5.57. The first-order valence-corrected chi connectivity index (χ1v) is 10.6. The summed E-state index contributed by atoms with van der Waals surface area (Å²) in [5.74, 6) is 0. The summed E-state index contributed by atoms with van der Waals surface area (Å²) >= 11 is 7.68. The van der Waals surface area contributed by atoms with Crippen molar-refractivity contribution in [3.8, 4) is 11.3 Å². The molecule has 1 aliphatic heterocycles. The Hall–Kier alpha value is -2.14. The van der Waals surface area contributed by atoms with Crippen LogP contribution >= 0.6 is 23.4 Å². The number of hydrogen-bond acceptors (Lipinski definition) is 4. The van der Waals surface area contributed by atoms with Crippen molar-refractivity contribution < 1.29 is 0 Å². The van der Waals surface area contributed by atoms with Crippen molar-refractivity contribution in [2.24, 2.45) is 0 Å². The number of thioether (sulfide) groups is 1. The number of aromatic nitrogens is 2. The molecule has 0 atom stereocenters. The van der Waals surface area contributed by atoms with Crippen molar-refractivity contribution in [2.45, 2.75) is 23.2 Å². The highest BCUT2D eigenvalue weighted by atomic mass is 35.5. The molecule has 0 saturated carbocycles. The Balaban J connectivity index is 1.73. The van der Waals surface area contributed by atoms with Crippen LogP contribution in [0.3, 0.4) is 0 Å². The maximum Gasteiger partial charge on any atom is 0.116 e. The van der Waals surface area contributed by atoms with E-state index in [1.807, 2.05) is 18.3 Å². The normalized spacial score (nSPS) is 15.9. The van der Waals surface area contributed by atoms with Crippen molar-refractivity contribution in [3.63, 3.8) is 0 Å². The third-order valence-electron chi connectivity index (χ3n) is 5.45. The van der Waals surface area contributed by atoms with Gasteiger partial charge in [0.2, 0.25) is 0 Å². The Morgan fingerprint density at radius 1 is 1.00 bits per heavy atom. The highest BCUT2D eigenvalue weighted by Gasteiger charge is 2.35. The van der Waals surface area contributed by atoms with Crippen molar-refractivity contribution in [1.82, 2.24) is 15.3 Å². The molecule has 28 heavy (non-hydrogen) atoms. The van der Waals surface area contributed by atoms with Gasteiger partial charge in [-0.3, -0.25) is 0 Å². The number of piperidine rings is 1. The lowest BCUT2D eigenvalue weighted by Gasteiger charge is -2.39. The number of nitrogens with one attached hydrogen (secondary N) is 1. The number of nitrogens with zero attached hydrogens (tertiary/aromatic N) is 2. The number of hydrogen-bond donors (Lipinski definition) is 1. The second-order valence-electron chi connectivity index (χ2n) is 6.94. The maximum absolute atomic E-state index is 6.14. The first-order chi connectivity index (χ1) is 13.7. The molecule has 0 amide bonds. The predicted octanol–water partition coefficient (Wildman–Crippen LogP) is 5.70. The lowest BCUT2D eigenvalue weighted by Crippen LogP contribution is -2.40. The Morgan fingerprint density at radius 2 is 1.64 bits per heavy atom. The molecule has 3 nitrogen and oxygen atoms in total. The Labute approximate surface area is 175 Å². The molecule has 4 rings (SSSR count). The van der Waals surface area contributed by atoms with Gasteiger partial charge in [0, 0.05) is 22.2 Å². The van der Waals surface area contributed by atoms with Gasteiger partial charge in [0.05, 0.1) is 10.6 Å². The lowest BCUT2D eigenvalue weighted by molar-refractivity contribution is 0.362. The van der Waals surface area contributed by atoms with Gasteiger partial charge in [0.15, 0.2) is 0 Å². The number of benzene rings is 2. The SMILES string of the molecule is C=CSc1cncnc1-c1ccc(C2(c3ccc(Cl)cc3)CCNCC2)cc1. The quantitative estimate of drug-likeness (QED) is 0.550.